The van der Waals surface area contributed by atoms with Crippen molar-refractivity contribution >= 4 is 11.4 Å². The van der Waals surface area contributed by atoms with Gasteiger partial charge < -0.3 is 14.7 Å². The number of ether oxygens (including phenoxy) is 1. The molecule has 0 aromatic heterocycles. The SMILES string of the molecule is CN(CCO)c1ccc([N+](=O)[O-])c(OC(F)F)c1. The first-order valence-corrected chi connectivity index (χ1v) is 5.01. The molecular weight excluding hydrogens is 250 g/mol. The number of halogens is 2. The molecule has 1 aromatic carbocycles. The van der Waals surface area contributed by atoms with E-state index in [4.69, 9.17) is 5.11 Å². The molecule has 0 bridgehead atoms. The lowest BCUT2D eigenvalue weighted by Crippen LogP contribution is -2.21. The van der Waals surface area contributed by atoms with E-state index in [1.54, 1.807) is 11.9 Å². The largest absolute Gasteiger partial charge is 0.427 e. The second-order valence-electron chi connectivity index (χ2n) is 3.43. The lowest BCUT2D eigenvalue weighted by molar-refractivity contribution is -0.386. The van der Waals surface area contributed by atoms with Crippen LogP contribution in [-0.4, -0.2) is 36.8 Å². The normalized spacial score (nSPS) is 10.5. The summed E-state index contributed by atoms with van der Waals surface area (Å²) in [7, 11) is 1.61. The Morgan fingerprint density at radius 2 is 2.22 bits per heavy atom. The second-order valence-corrected chi connectivity index (χ2v) is 3.43. The number of hydrogen-bond donors (Lipinski definition) is 1. The van der Waals surface area contributed by atoms with E-state index in [0.717, 1.165) is 12.1 Å². The van der Waals surface area contributed by atoms with Crippen LogP contribution in [0.2, 0.25) is 0 Å². The van der Waals surface area contributed by atoms with Gasteiger partial charge in [0.2, 0.25) is 5.75 Å². The van der Waals surface area contributed by atoms with Gasteiger partial charge in [-0.05, 0) is 6.07 Å². The van der Waals surface area contributed by atoms with E-state index in [0.29, 0.717) is 5.69 Å². The van der Waals surface area contributed by atoms with Crippen LogP contribution in [0.1, 0.15) is 0 Å². The zero-order chi connectivity index (χ0) is 13.7. The number of aliphatic hydroxyl groups is 1. The van der Waals surface area contributed by atoms with Crippen molar-refractivity contribution in [1.29, 1.82) is 0 Å². The van der Waals surface area contributed by atoms with Crippen LogP contribution in [0.4, 0.5) is 20.2 Å². The van der Waals surface area contributed by atoms with E-state index >= 15 is 0 Å². The molecule has 100 valence electrons. The van der Waals surface area contributed by atoms with Crippen LogP contribution >= 0.6 is 0 Å². The molecule has 0 heterocycles. The Morgan fingerprint density at radius 3 is 2.72 bits per heavy atom. The Kier molecular flexibility index (Phi) is 4.78. The predicted octanol–water partition coefficient (Wildman–Crippen LogP) is 1.62. The number of nitrogens with zero attached hydrogens (tertiary/aromatic N) is 2. The van der Waals surface area contributed by atoms with Crippen LogP contribution in [0.15, 0.2) is 18.2 Å². The lowest BCUT2D eigenvalue weighted by Gasteiger charge is -2.18. The fourth-order valence-electron chi connectivity index (χ4n) is 1.36. The standard InChI is InChI=1S/C10H12F2N2O4/c1-13(4-5-15)7-2-3-8(14(16)17)9(6-7)18-10(11)12/h2-3,6,10,15H,4-5H2,1H3. The summed E-state index contributed by atoms with van der Waals surface area (Å²) in [5.74, 6) is -0.503. The monoisotopic (exact) mass is 262 g/mol. The van der Waals surface area contributed by atoms with Gasteiger partial charge in [0.25, 0.3) is 0 Å². The van der Waals surface area contributed by atoms with E-state index in [1.807, 2.05) is 0 Å². The summed E-state index contributed by atoms with van der Waals surface area (Å²) in [5.41, 5.74) is -0.0956. The van der Waals surface area contributed by atoms with Crippen molar-refractivity contribution in [2.24, 2.45) is 0 Å². The molecule has 18 heavy (non-hydrogen) atoms. The first kappa shape index (κ1) is 14.1. The van der Waals surface area contributed by atoms with Crippen LogP contribution in [0, 0.1) is 10.1 Å². The minimum Gasteiger partial charge on any atom is -0.427 e. The molecule has 0 aliphatic rings. The van der Waals surface area contributed by atoms with Crippen molar-refractivity contribution < 1.29 is 23.5 Å². The summed E-state index contributed by atoms with van der Waals surface area (Å²) >= 11 is 0. The molecular formula is C10H12F2N2O4. The third kappa shape index (κ3) is 3.52. The van der Waals surface area contributed by atoms with Crippen LogP contribution < -0.4 is 9.64 Å². The third-order valence-corrected chi connectivity index (χ3v) is 2.23. The maximum Gasteiger partial charge on any atom is 0.387 e. The van der Waals surface area contributed by atoms with Gasteiger partial charge in [0, 0.05) is 31.4 Å². The lowest BCUT2D eigenvalue weighted by atomic mass is 10.2. The molecule has 0 atom stereocenters. The molecule has 0 aliphatic heterocycles. The molecule has 0 spiro atoms. The van der Waals surface area contributed by atoms with Gasteiger partial charge in [-0.25, -0.2) is 0 Å². The summed E-state index contributed by atoms with van der Waals surface area (Å²) in [4.78, 5) is 11.4. The maximum absolute atomic E-state index is 12.1. The number of aliphatic hydroxyl groups excluding tert-OH is 1. The predicted molar refractivity (Wildman–Crippen MR) is 60.1 cm³/mol. The molecule has 0 fully saturated rings. The highest BCUT2D eigenvalue weighted by Gasteiger charge is 2.19. The van der Waals surface area contributed by atoms with Gasteiger partial charge in [-0.15, -0.1) is 0 Å². The number of nitro benzene ring substituents is 1. The zero-order valence-electron chi connectivity index (χ0n) is 9.55. The first-order chi connectivity index (χ1) is 8.45. The summed E-state index contributed by atoms with van der Waals surface area (Å²) in [6.07, 6.45) is 0. The molecule has 0 saturated heterocycles. The van der Waals surface area contributed by atoms with Gasteiger partial charge in [0.1, 0.15) is 0 Å². The van der Waals surface area contributed by atoms with E-state index in [-0.39, 0.29) is 13.2 Å². The van der Waals surface area contributed by atoms with E-state index in [2.05, 4.69) is 4.74 Å². The highest BCUT2D eigenvalue weighted by Crippen LogP contribution is 2.32. The summed E-state index contributed by atoms with van der Waals surface area (Å²) in [5, 5.41) is 19.4. The Bertz CT molecular complexity index is 428. The third-order valence-electron chi connectivity index (χ3n) is 2.23. The van der Waals surface area contributed by atoms with Crippen molar-refractivity contribution in [2.45, 2.75) is 6.61 Å². The molecule has 0 amide bonds. The average molecular weight is 262 g/mol. The number of nitro groups is 1. The molecule has 0 aliphatic carbocycles. The average Bonchev–Trinajstić information content (AvgIpc) is 2.28. The topological polar surface area (TPSA) is 75.8 Å². The smallest absolute Gasteiger partial charge is 0.387 e. The number of rotatable bonds is 6. The Balaban J connectivity index is 3.08. The summed E-state index contributed by atoms with van der Waals surface area (Å²) in [6.45, 7) is -2.99. The zero-order valence-corrected chi connectivity index (χ0v) is 9.55. The number of anilines is 1. The van der Waals surface area contributed by atoms with Crippen molar-refractivity contribution in [3.05, 3.63) is 28.3 Å². The molecule has 6 nitrogen and oxygen atoms in total. The number of alkyl halides is 2. The molecule has 1 N–H and O–H groups in total. The minimum atomic E-state index is -3.14. The molecule has 0 unspecified atom stereocenters. The summed E-state index contributed by atoms with van der Waals surface area (Å²) in [6, 6.07) is 3.62. The molecule has 1 aromatic rings. The van der Waals surface area contributed by atoms with Crippen molar-refractivity contribution in [2.75, 3.05) is 25.1 Å². The van der Waals surface area contributed by atoms with Gasteiger partial charge >= 0.3 is 12.3 Å². The fraction of sp³-hybridized carbons (Fsp3) is 0.400. The molecule has 0 saturated carbocycles. The van der Waals surface area contributed by atoms with Gasteiger partial charge in [0.15, 0.2) is 0 Å². The van der Waals surface area contributed by atoms with Crippen LogP contribution in [0.25, 0.3) is 0 Å². The van der Waals surface area contributed by atoms with Gasteiger partial charge in [0.05, 0.1) is 11.5 Å². The number of benzene rings is 1. The van der Waals surface area contributed by atoms with Crippen LogP contribution in [0.5, 0.6) is 5.75 Å². The fourth-order valence-corrected chi connectivity index (χ4v) is 1.36. The van der Waals surface area contributed by atoms with Crippen molar-refractivity contribution in [1.82, 2.24) is 0 Å². The van der Waals surface area contributed by atoms with E-state index in [9.17, 15) is 18.9 Å². The Morgan fingerprint density at radius 1 is 1.56 bits per heavy atom. The van der Waals surface area contributed by atoms with Crippen molar-refractivity contribution in [3.8, 4) is 5.75 Å². The van der Waals surface area contributed by atoms with Crippen LogP contribution in [0.3, 0.4) is 0 Å². The Labute approximate surface area is 102 Å². The van der Waals surface area contributed by atoms with E-state index < -0.39 is 23.0 Å². The molecule has 0 radical (unpaired) electrons. The molecule has 8 heteroatoms. The highest BCUT2D eigenvalue weighted by atomic mass is 19.3. The second kappa shape index (κ2) is 6.10. The summed E-state index contributed by atoms with van der Waals surface area (Å²) < 4.78 is 28.4. The van der Waals surface area contributed by atoms with Crippen molar-refractivity contribution in [3.63, 3.8) is 0 Å². The van der Waals surface area contributed by atoms with Gasteiger partial charge in [-0.3, -0.25) is 10.1 Å². The first-order valence-electron chi connectivity index (χ1n) is 5.01. The maximum atomic E-state index is 12.1. The van der Waals surface area contributed by atoms with E-state index in [1.165, 1.54) is 6.07 Å². The molecule has 1 rings (SSSR count). The number of likely N-dealkylation sites (N-methyl/N-ethyl adjacent to an activating group) is 1. The van der Waals surface area contributed by atoms with Gasteiger partial charge in [-0.2, -0.15) is 8.78 Å². The van der Waals surface area contributed by atoms with Crippen LogP contribution in [-0.2, 0) is 0 Å². The highest BCUT2D eigenvalue weighted by molar-refractivity contribution is 5.59. The minimum absolute atomic E-state index is 0.126. The Hall–Kier alpha value is -1.96. The van der Waals surface area contributed by atoms with Gasteiger partial charge in [-0.1, -0.05) is 0 Å². The number of hydrogen-bond acceptors (Lipinski definition) is 5. The quantitative estimate of drug-likeness (QED) is 0.622.